The summed E-state index contributed by atoms with van der Waals surface area (Å²) >= 11 is 0. The molecule has 4 aromatic rings. The van der Waals surface area contributed by atoms with Gasteiger partial charge in [-0.05, 0) is 47.3 Å². The van der Waals surface area contributed by atoms with E-state index in [4.69, 9.17) is 0 Å². The maximum atomic E-state index is 4.15. The second-order valence-electron chi connectivity index (χ2n) is 7.10. The summed E-state index contributed by atoms with van der Waals surface area (Å²) in [6, 6.07) is 17.5. The molecular formula is C22H20N4. The lowest BCUT2D eigenvalue weighted by Gasteiger charge is -2.32. The van der Waals surface area contributed by atoms with Crippen LogP contribution in [0.4, 0.5) is 0 Å². The van der Waals surface area contributed by atoms with E-state index in [9.17, 15) is 0 Å². The molecule has 0 aliphatic carbocycles. The average Bonchev–Trinajstić information content (AvgIpc) is 3.11. The number of benzene rings is 2. The van der Waals surface area contributed by atoms with Gasteiger partial charge in [-0.1, -0.05) is 30.3 Å². The second kappa shape index (κ2) is 6.07. The van der Waals surface area contributed by atoms with Gasteiger partial charge in [0.25, 0.3) is 0 Å². The number of nitrogens with one attached hydrogen (secondary N) is 1. The number of hydrogen-bond donors (Lipinski definition) is 1. The predicted octanol–water partition coefficient (Wildman–Crippen LogP) is 4.20. The molecule has 26 heavy (non-hydrogen) atoms. The highest BCUT2D eigenvalue weighted by Crippen LogP contribution is 2.35. The SMILES string of the molecule is CN1Cc2cc(-c3cncnc3)ccc2C(c2cc3ccccc3[nH]2)C1. The third kappa shape index (κ3) is 2.59. The van der Waals surface area contributed by atoms with Crippen LogP contribution < -0.4 is 0 Å². The van der Waals surface area contributed by atoms with Crippen molar-refractivity contribution in [1.29, 1.82) is 0 Å². The van der Waals surface area contributed by atoms with Crippen LogP contribution in [0.3, 0.4) is 0 Å². The van der Waals surface area contributed by atoms with Gasteiger partial charge in [-0.25, -0.2) is 9.97 Å². The number of para-hydroxylation sites is 1. The van der Waals surface area contributed by atoms with E-state index < -0.39 is 0 Å². The minimum Gasteiger partial charge on any atom is -0.358 e. The second-order valence-corrected chi connectivity index (χ2v) is 7.10. The van der Waals surface area contributed by atoms with Gasteiger partial charge in [-0.3, -0.25) is 0 Å². The molecule has 5 rings (SSSR count). The van der Waals surface area contributed by atoms with Gasteiger partial charge >= 0.3 is 0 Å². The highest BCUT2D eigenvalue weighted by molar-refractivity contribution is 5.80. The van der Waals surface area contributed by atoms with Crippen LogP contribution in [0, 0.1) is 0 Å². The van der Waals surface area contributed by atoms with Crippen LogP contribution in [0.2, 0.25) is 0 Å². The van der Waals surface area contributed by atoms with Crippen molar-refractivity contribution in [1.82, 2.24) is 19.9 Å². The number of nitrogens with zero attached hydrogens (tertiary/aromatic N) is 3. The largest absolute Gasteiger partial charge is 0.358 e. The lowest BCUT2D eigenvalue weighted by Crippen LogP contribution is -2.31. The van der Waals surface area contributed by atoms with Gasteiger partial charge in [-0.2, -0.15) is 0 Å². The van der Waals surface area contributed by atoms with E-state index in [1.165, 1.54) is 33.3 Å². The highest BCUT2D eigenvalue weighted by Gasteiger charge is 2.26. The molecule has 2 aromatic carbocycles. The summed E-state index contributed by atoms with van der Waals surface area (Å²) in [5, 5.41) is 1.27. The fourth-order valence-corrected chi connectivity index (χ4v) is 4.03. The molecule has 0 saturated carbocycles. The molecule has 1 unspecified atom stereocenters. The summed E-state index contributed by atoms with van der Waals surface area (Å²) in [7, 11) is 2.19. The summed E-state index contributed by atoms with van der Waals surface area (Å²) in [4.78, 5) is 14.3. The minimum absolute atomic E-state index is 0.359. The molecule has 1 aliphatic rings. The molecule has 128 valence electrons. The van der Waals surface area contributed by atoms with Crippen molar-refractivity contribution in [3.05, 3.63) is 84.1 Å². The van der Waals surface area contributed by atoms with Crippen LogP contribution in [0.1, 0.15) is 22.7 Å². The summed E-state index contributed by atoms with van der Waals surface area (Å²) in [5.41, 5.74) is 7.52. The van der Waals surface area contributed by atoms with Gasteiger partial charge < -0.3 is 9.88 Å². The quantitative estimate of drug-likeness (QED) is 0.595. The van der Waals surface area contributed by atoms with Crippen molar-refractivity contribution >= 4 is 10.9 Å². The average molecular weight is 340 g/mol. The molecule has 0 saturated heterocycles. The molecule has 1 aliphatic heterocycles. The van der Waals surface area contributed by atoms with Crippen LogP contribution in [0.5, 0.6) is 0 Å². The zero-order valence-electron chi connectivity index (χ0n) is 14.7. The number of H-pyrrole nitrogens is 1. The molecule has 2 aromatic heterocycles. The Balaban J connectivity index is 1.59. The molecule has 0 bridgehead atoms. The van der Waals surface area contributed by atoms with E-state index in [0.29, 0.717) is 5.92 Å². The number of fused-ring (bicyclic) bond motifs is 2. The Hall–Kier alpha value is -2.98. The summed E-state index contributed by atoms with van der Waals surface area (Å²) in [6.07, 6.45) is 5.31. The topological polar surface area (TPSA) is 44.8 Å². The molecule has 0 radical (unpaired) electrons. The van der Waals surface area contributed by atoms with E-state index in [2.05, 4.69) is 75.4 Å². The maximum absolute atomic E-state index is 4.15. The van der Waals surface area contributed by atoms with Crippen molar-refractivity contribution in [2.45, 2.75) is 12.5 Å². The Morgan fingerprint density at radius 3 is 2.69 bits per heavy atom. The molecule has 0 amide bonds. The normalized spacial score (nSPS) is 17.3. The number of rotatable bonds is 2. The number of aromatic amines is 1. The first-order valence-electron chi connectivity index (χ1n) is 8.92. The molecule has 4 heteroatoms. The first kappa shape index (κ1) is 15.3. The van der Waals surface area contributed by atoms with Crippen molar-refractivity contribution in [3.8, 4) is 11.1 Å². The van der Waals surface area contributed by atoms with Crippen LogP contribution >= 0.6 is 0 Å². The van der Waals surface area contributed by atoms with E-state index in [1.54, 1.807) is 6.33 Å². The maximum Gasteiger partial charge on any atom is 0.115 e. The molecule has 1 N–H and O–H groups in total. The van der Waals surface area contributed by atoms with E-state index in [-0.39, 0.29) is 0 Å². The lowest BCUT2D eigenvalue weighted by atomic mass is 9.86. The van der Waals surface area contributed by atoms with Crippen LogP contribution in [0.25, 0.3) is 22.0 Å². The zero-order valence-corrected chi connectivity index (χ0v) is 14.7. The lowest BCUT2D eigenvalue weighted by molar-refractivity contribution is 0.294. The van der Waals surface area contributed by atoms with Crippen molar-refractivity contribution in [2.75, 3.05) is 13.6 Å². The van der Waals surface area contributed by atoms with Gasteiger partial charge in [0.1, 0.15) is 6.33 Å². The third-order valence-electron chi connectivity index (χ3n) is 5.27. The Bertz CT molecular complexity index is 1030. The smallest absolute Gasteiger partial charge is 0.115 e. The number of likely N-dealkylation sites (N-methyl/N-ethyl adjacent to an activating group) is 1. The van der Waals surface area contributed by atoms with Gasteiger partial charge in [-0.15, -0.1) is 0 Å². The fraction of sp³-hybridized carbons (Fsp3) is 0.182. The number of hydrogen-bond acceptors (Lipinski definition) is 3. The molecule has 1 atom stereocenters. The molecule has 3 heterocycles. The summed E-state index contributed by atoms with van der Waals surface area (Å²) in [5.74, 6) is 0.359. The van der Waals surface area contributed by atoms with Crippen LogP contribution in [-0.2, 0) is 6.54 Å². The van der Waals surface area contributed by atoms with Crippen LogP contribution in [0.15, 0.2) is 67.3 Å². The Labute approximate surface area is 152 Å². The minimum atomic E-state index is 0.359. The summed E-state index contributed by atoms with van der Waals surface area (Å²) < 4.78 is 0. The Kier molecular flexibility index (Phi) is 3.57. The predicted molar refractivity (Wildman–Crippen MR) is 104 cm³/mol. The monoisotopic (exact) mass is 340 g/mol. The van der Waals surface area contributed by atoms with Crippen molar-refractivity contribution in [3.63, 3.8) is 0 Å². The first-order valence-corrected chi connectivity index (χ1v) is 8.92. The standard InChI is InChI=1S/C22H20N4/c1-26-12-17-8-15(18-10-23-14-24-11-18)6-7-19(17)20(13-26)22-9-16-4-2-3-5-21(16)25-22/h2-11,14,20,25H,12-13H2,1H3. The van der Waals surface area contributed by atoms with E-state index >= 15 is 0 Å². The first-order chi connectivity index (χ1) is 12.8. The molecule has 0 fully saturated rings. The van der Waals surface area contributed by atoms with Crippen LogP contribution in [-0.4, -0.2) is 33.4 Å². The zero-order chi connectivity index (χ0) is 17.5. The van der Waals surface area contributed by atoms with Gasteiger partial charge in [0.05, 0.1) is 0 Å². The Morgan fingerprint density at radius 2 is 1.85 bits per heavy atom. The van der Waals surface area contributed by atoms with Crippen molar-refractivity contribution in [2.24, 2.45) is 0 Å². The van der Waals surface area contributed by atoms with Gasteiger partial charge in [0.2, 0.25) is 0 Å². The van der Waals surface area contributed by atoms with Crippen molar-refractivity contribution < 1.29 is 0 Å². The highest BCUT2D eigenvalue weighted by atomic mass is 15.1. The third-order valence-corrected chi connectivity index (χ3v) is 5.27. The van der Waals surface area contributed by atoms with Gasteiger partial charge in [0.15, 0.2) is 0 Å². The van der Waals surface area contributed by atoms with E-state index in [1.807, 2.05) is 12.4 Å². The fourth-order valence-electron chi connectivity index (χ4n) is 4.03. The number of aromatic nitrogens is 3. The van der Waals surface area contributed by atoms with E-state index in [0.717, 1.165) is 18.7 Å². The summed E-state index contributed by atoms with van der Waals surface area (Å²) in [6.45, 7) is 1.99. The molecule has 4 nitrogen and oxygen atoms in total. The molecule has 0 spiro atoms. The Morgan fingerprint density at radius 1 is 1.00 bits per heavy atom. The molecular weight excluding hydrogens is 320 g/mol. The van der Waals surface area contributed by atoms with Gasteiger partial charge in [0, 0.05) is 48.2 Å².